The zero-order valence-electron chi connectivity index (χ0n) is 21.9. The van der Waals surface area contributed by atoms with Crippen LogP contribution < -0.4 is 10.6 Å². The van der Waals surface area contributed by atoms with Gasteiger partial charge in [-0.1, -0.05) is 29.8 Å². The zero-order valence-corrected chi connectivity index (χ0v) is 22.7. The number of likely N-dealkylation sites (N-methyl/N-ethyl adjacent to an activating group) is 1. The van der Waals surface area contributed by atoms with Gasteiger partial charge in [0.2, 0.25) is 0 Å². The summed E-state index contributed by atoms with van der Waals surface area (Å²) in [4.78, 5) is 32.8. The maximum absolute atomic E-state index is 14.1. The number of pyridine rings is 1. The molecule has 0 radical (unpaired) electrons. The molecule has 2 N–H and O–H groups in total. The van der Waals surface area contributed by atoms with Gasteiger partial charge < -0.3 is 20.3 Å². The molecule has 40 heavy (non-hydrogen) atoms. The number of piperidine rings is 1. The van der Waals surface area contributed by atoms with Gasteiger partial charge in [0.1, 0.15) is 0 Å². The fourth-order valence-corrected chi connectivity index (χ4v) is 5.70. The van der Waals surface area contributed by atoms with E-state index in [4.69, 9.17) is 16.3 Å². The van der Waals surface area contributed by atoms with Gasteiger partial charge in [-0.2, -0.15) is 18.4 Å². The summed E-state index contributed by atoms with van der Waals surface area (Å²) in [6, 6.07) is 13.1. The Morgan fingerprint density at radius 3 is 2.58 bits per heavy atom. The molecule has 2 aliphatic rings. The average molecular weight is 578 g/mol. The molecule has 0 aliphatic carbocycles. The van der Waals surface area contributed by atoms with Gasteiger partial charge in [0.15, 0.2) is 5.78 Å². The van der Waals surface area contributed by atoms with Crippen LogP contribution >= 0.6 is 11.6 Å². The topological polar surface area (TPSA) is 107 Å². The molecule has 2 aromatic rings. The van der Waals surface area contributed by atoms with Crippen LogP contribution in [-0.4, -0.2) is 66.8 Å². The van der Waals surface area contributed by atoms with E-state index in [0.29, 0.717) is 24.5 Å². The number of carbonyl (C=O) groups excluding carboxylic acids is 2. The molecule has 2 aliphatic heterocycles. The molecule has 4 rings (SSSR count). The first-order chi connectivity index (χ1) is 19.1. The van der Waals surface area contributed by atoms with Crippen LogP contribution in [0.3, 0.4) is 0 Å². The summed E-state index contributed by atoms with van der Waals surface area (Å²) in [5, 5.41) is 17.0. The lowest BCUT2D eigenvalue weighted by Crippen LogP contribution is -2.54. The third-order valence-corrected chi connectivity index (χ3v) is 7.87. The number of nitrogens with one attached hydrogen (secondary N) is 2. The normalized spacial score (nSPS) is 26.6. The SMILES string of the molecule is CN(C(=O)OCCCC(F)(F)F)[C@H]1C(C(=O)C2CC(c3ccccn3)NCC2C#N)NC[C@@H]1c1ccc(Cl)cc1. The van der Waals surface area contributed by atoms with E-state index >= 15 is 0 Å². The summed E-state index contributed by atoms with van der Waals surface area (Å²) in [5.74, 6) is -1.73. The van der Waals surface area contributed by atoms with Gasteiger partial charge in [0, 0.05) is 49.6 Å². The summed E-state index contributed by atoms with van der Waals surface area (Å²) in [6.45, 7) is 0.271. The minimum Gasteiger partial charge on any atom is -0.449 e. The number of halogens is 4. The van der Waals surface area contributed by atoms with E-state index in [1.807, 2.05) is 24.3 Å². The van der Waals surface area contributed by atoms with Crippen molar-refractivity contribution in [3.8, 4) is 6.07 Å². The largest absolute Gasteiger partial charge is 0.449 e. The van der Waals surface area contributed by atoms with Gasteiger partial charge in [-0.05, 0) is 42.7 Å². The van der Waals surface area contributed by atoms with E-state index in [1.54, 1.807) is 24.4 Å². The van der Waals surface area contributed by atoms with Gasteiger partial charge in [-0.3, -0.25) is 9.78 Å². The molecule has 2 saturated heterocycles. The maximum atomic E-state index is 14.1. The predicted octanol–water partition coefficient (Wildman–Crippen LogP) is 4.63. The van der Waals surface area contributed by atoms with Crippen molar-refractivity contribution >= 4 is 23.5 Å². The molecular formula is C28H31ClF3N5O3. The Kier molecular flexibility index (Phi) is 9.66. The highest BCUT2D eigenvalue weighted by Crippen LogP contribution is 2.37. The van der Waals surface area contributed by atoms with E-state index in [-0.39, 0.29) is 24.2 Å². The number of alkyl halides is 3. The standard InChI is InChI=1S/C28H31ClF3N5O3/c1-37(27(39)40-12-4-10-28(30,31)32)25-21(17-6-8-19(29)9-7-17)16-36-24(25)26(38)20-13-23(35-15-18(20)14-33)22-5-2-3-11-34-22/h2-3,5-9,11,18,20-21,23-25,35-36H,4,10,12-13,15-16H2,1H3/t18?,20?,21-,23?,24?,25-/m1/s1. The van der Waals surface area contributed by atoms with Crippen LogP contribution in [0.4, 0.5) is 18.0 Å². The van der Waals surface area contributed by atoms with Crippen LogP contribution in [0.5, 0.6) is 0 Å². The second kappa shape index (κ2) is 13.0. The maximum Gasteiger partial charge on any atom is 0.409 e. The number of Topliss-reactive ketones (excluding diaryl/α,β-unsaturated/α-hetero) is 1. The summed E-state index contributed by atoms with van der Waals surface area (Å²) in [5.41, 5.74) is 1.61. The molecule has 6 atom stereocenters. The smallest absolute Gasteiger partial charge is 0.409 e. The molecule has 1 aromatic carbocycles. The van der Waals surface area contributed by atoms with Crippen LogP contribution in [0, 0.1) is 23.2 Å². The van der Waals surface area contributed by atoms with Crippen molar-refractivity contribution in [1.29, 1.82) is 5.26 Å². The Morgan fingerprint density at radius 2 is 1.93 bits per heavy atom. The number of nitrogens with zero attached hydrogens (tertiary/aromatic N) is 3. The fraction of sp³-hybridized carbons (Fsp3) is 0.500. The van der Waals surface area contributed by atoms with Gasteiger partial charge in [0.25, 0.3) is 0 Å². The van der Waals surface area contributed by atoms with Crippen LogP contribution in [0.15, 0.2) is 48.7 Å². The molecule has 0 saturated carbocycles. The second-order valence-electron chi connectivity index (χ2n) is 10.2. The van der Waals surface area contributed by atoms with Crippen molar-refractivity contribution in [2.75, 3.05) is 26.7 Å². The number of aromatic nitrogens is 1. The molecule has 214 valence electrons. The van der Waals surface area contributed by atoms with Crippen LogP contribution in [-0.2, 0) is 9.53 Å². The number of carbonyl (C=O) groups is 2. The lowest BCUT2D eigenvalue weighted by molar-refractivity contribution is -0.137. The fourth-order valence-electron chi connectivity index (χ4n) is 5.57. The second-order valence-corrected chi connectivity index (χ2v) is 10.6. The summed E-state index contributed by atoms with van der Waals surface area (Å²) in [7, 11) is 1.48. The van der Waals surface area contributed by atoms with Crippen molar-refractivity contribution < 1.29 is 27.5 Å². The van der Waals surface area contributed by atoms with E-state index in [0.717, 1.165) is 11.3 Å². The Hall–Kier alpha value is -3.20. The highest BCUT2D eigenvalue weighted by Gasteiger charge is 2.49. The minimum atomic E-state index is -4.34. The van der Waals surface area contributed by atoms with Gasteiger partial charge in [-0.15, -0.1) is 0 Å². The molecule has 2 fully saturated rings. The Bertz CT molecular complexity index is 1210. The lowest BCUT2D eigenvalue weighted by Gasteiger charge is -2.37. The number of nitriles is 1. The highest BCUT2D eigenvalue weighted by atomic mass is 35.5. The predicted molar refractivity (Wildman–Crippen MR) is 141 cm³/mol. The molecular weight excluding hydrogens is 547 g/mol. The number of hydrogen-bond acceptors (Lipinski definition) is 7. The highest BCUT2D eigenvalue weighted by molar-refractivity contribution is 6.30. The number of ether oxygens (including phenoxy) is 1. The first-order valence-electron chi connectivity index (χ1n) is 13.1. The van der Waals surface area contributed by atoms with Crippen molar-refractivity contribution in [1.82, 2.24) is 20.5 Å². The molecule has 8 nitrogen and oxygen atoms in total. The van der Waals surface area contributed by atoms with Crippen molar-refractivity contribution in [2.45, 2.75) is 49.5 Å². The number of rotatable bonds is 8. The van der Waals surface area contributed by atoms with Crippen LogP contribution in [0.2, 0.25) is 5.02 Å². The molecule has 1 amide bonds. The molecule has 3 heterocycles. The zero-order chi connectivity index (χ0) is 28.9. The first kappa shape index (κ1) is 29.8. The summed E-state index contributed by atoms with van der Waals surface area (Å²) < 4.78 is 42.7. The number of hydrogen-bond donors (Lipinski definition) is 2. The third kappa shape index (κ3) is 7.11. The van der Waals surface area contributed by atoms with Crippen molar-refractivity contribution in [3.05, 3.63) is 64.9 Å². The van der Waals surface area contributed by atoms with E-state index in [9.17, 15) is 28.0 Å². The van der Waals surface area contributed by atoms with E-state index in [1.165, 1.54) is 11.9 Å². The minimum absolute atomic E-state index is 0.202. The Morgan fingerprint density at radius 1 is 1.18 bits per heavy atom. The monoisotopic (exact) mass is 577 g/mol. The summed E-state index contributed by atoms with van der Waals surface area (Å²) in [6.07, 6.45) is -4.55. The van der Waals surface area contributed by atoms with Gasteiger partial charge >= 0.3 is 12.3 Å². The van der Waals surface area contributed by atoms with Gasteiger partial charge in [0.05, 0.1) is 42.4 Å². The first-order valence-corrected chi connectivity index (χ1v) is 13.5. The number of benzene rings is 1. The molecule has 0 bridgehead atoms. The number of ketones is 1. The average Bonchev–Trinajstić information content (AvgIpc) is 3.39. The van der Waals surface area contributed by atoms with E-state index < -0.39 is 49.2 Å². The molecule has 1 aromatic heterocycles. The van der Waals surface area contributed by atoms with Crippen LogP contribution in [0.25, 0.3) is 0 Å². The number of amides is 1. The van der Waals surface area contributed by atoms with Gasteiger partial charge in [-0.25, -0.2) is 4.79 Å². The Balaban J connectivity index is 1.56. The van der Waals surface area contributed by atoms with Crippen molar-refractivity contribution in [2.24, 2.45) is 11.8 Å². The van der Waals surface area contributed by atoms with E-state index in [2.05, 4.69) is 21.7 Å². The van der Waals surface area contributed by atoms with Crippen LogP contribution in [0.1, 0.15) is 42.5 Å². The summed E-state index contributed by atoms with van der Waals surface area (Å²) >= 11 is 6.07. The third-order valence-electron chi connectivity index (χ3n) is 7.62. The Labute approximate surface area is 235 Å². The molecule has 0 spiro atoms. The van der Waals surface area contributed by atoms with Crippen molar-refractivity contribution in [3.63, 3.8) is 0 Å². The lowest BCUT2D eigenvalue weighted by atomic mass is 9.76. The molecule has 12 heteroatoms. The molecule has 4 unspecified atom stereocenters. The quantitative estimate of drug-likeness (QED) is 0.441.